The van der Waals surface area contributed by atoms with Crippen molar-refractivity contribution in [2.45, 2.75) is 0 Å². The lowest BCUT2D eigenvalue weighted by atomic mass is 9.95. The number of benzene rings is 3. The lowest BCUT2D eigenvalue weighted by molar-refractivity contribution is 0.536. The molecule has 0 amide bonds. The number of rotatable bonds is 2. The van der Waals surface area contributed by atoms with E-state index in [0.717, 1.165) is 31.0 Å². The summed E-state index contributed by atoms with van der Waals surface area (Å²) in [5.41, 5.74) is 2.24. The van der Waals surface area contributed by atoms with Gasteiger partial charge in [-0.05, 0) is 48.0 Å². The predicted octanol–water partition coefficient (Wildman–Crippen LogP) is 7.31. The first-order valence-electron chi connectivity index (χ1n) is 7.81. The van der Waals surface area contributed by atoms with Crippen LogP contribution in [0.2, 0.25) is 5.02 Å². The molecule has 26 heavy (non-hydrogen) atoms. The molecule has 4 aromatic rings. The largest absolute Gasteiger partial charge is 0.422 e. The third-order valence-corrected chi connectivity index (χ3v) is 5.42. The maximum absolute atomic E-state index is 12.6. The number of hydrogen-bond acceptors (Lipinski definition) is 2. The summed E-state index contributed by atoms with van der Waals surface area (Å²) in [6.45, 7) is 0. The molecule has 1 heterocycles. The van der Waals surface area contributed by atoms with E-state index in [4.69, 9.17) is 16.0 Å². The van der Waals surface area contributed by atoms with Crippen molar-refractivity contribution in [2.24, 2.45) is 0 Å². The molecule has 0 saturated heterocycles. The predicted molar refractivity (Wildman–Crippen MR) is 114 cm³/mol. The highest BCUT2D eigenvalue weighted by Gasteiger charge is 2.17. The van der Waals surface area contributed by atoms with Crippen molar-refractivity contribution in [1.29, 1.82) is 0 Å². The first kappa shape index (κ1) is 17.5. The van der Waals surface area contributed by atoms with Gasteiger partial charge in [-0.2, -0.15) is 0 Å². The second-order valence-electron chi connectivity index (χ2n) is 5.80. The summed E-state index contributed by atoms with van der Waals surface area (Å²) in [4.78, 5) is 12.6. The molecule has 0 N–H and O–H groups in total. The Balaban J connectivity index is 2.13. The normalized spacial score (nSPS) is 11.0. The second kappa shape index (κ2) is 7.03. The van der Waals surface area contributed by atoms with E-state index in [1.54, 1.807) is 12.1 Å². The highest BCUT2D eigenvalue weighted by atomic mass is 79.9. The van der Waals surface area contributed by atoms with Crippen molar-refractivity contribution in [3.05, 3.63) is 91.1 Å². The van der Waals surface area contributed by atoms with Crippen LogP contribution in [0.4, 0.5) is 0 Å². The summed E-state index contributed by atoms with van der Waals surface area (Å²) in [6, 6.07) is 20.8. The zero-order valence-electron chi connectivity index (χ0n) is 13.3. The van der Waals surface area contributed by atoms with Crippen molar-refractivity contribution in [3.63, 3.8) is 0 Å². The van der Waals surface area contributed by atoms with Gasteiger partial charge >= 0.3 is 5.63 Å². The second-order valence-corrected chi connectivity index (χ2v) is 8.07. The van der Waals surface area contributed by atoms with Gasteiger partial charge in [-0.1, -0.05) is 67.7 Å². The molecule has 0 fully saturated rings. The molecule has 1 aromatic heterocycles. The number of hydrogen-bond donors (Lipinski definition) is 0. The molecule has 0 aliphatic rings. The summed E-state index contributed by atoms with van der Waals surface area (Å²) in [7, 11) is 0. The molecule has 128 valence electrons. The van der Waals surface area contributed by atoms with E-state index in [2.05, 4.69) is 31.9 Å². The van der Waals surface area contributed by atoms with E-state index in [9.17, 15) is 4.79 Å². The van der Waals surface area contributed by atoms with Crippen LogP contribution in [0.3, 0.4) is 0 Å². The van der Waals surface area contributed by atoms with Crippen molar-refractivity contribution < 1.29 is 4.42 Å². The van der Waals surface area contributed by atoms with Gasteiger partial charge in [-0.15, -0.1) is 0 Å². The van der Waals surface area contributed by atoms with Crippen molar-refractivity contribution in [2.75, 3.05) is 0 Å². The van der Waals surface area contributed by atoms with Crippen LogP contribution in [-0.4, -0.2) is 0 Å². The molecule has 2 nitrogen and oxygen atoms in total. The Hall–Kier alpha value is -1.88. The maximum atomic E-state index is 12.6. The van der Waals surface area contributed by atoms with Crippen LogP contribution in [0.1, 0.15) is 0 Å². The van der Waals surface area contributed by atoms with Crippen molar-refractivity contribution in [3.8, 4) is 22.5 Å². The Bertz CT molecular complexity index is 1160. The monoisotopic (exact) mass is 488 g/mol. The Morgan fingerprint density at radius 3 is 1.92 bits per heavy atom. The van der Waals surface area contributed by atoms with Crippen LogP contribution in [-0.2, 0) is 0 Å². The first-order valence-corrected chi connectivity index (χ1v) is 9.77. The molecule has 0 unspecified atom stereocenters. The smallest absolute Gasteiger partial charge is 0.344 e. The van der Waals surface area contributed by atoms with Gasteiger partial charge in [0.05, 0.1) is 5.39 Å². The minimum atomic E-state index is -0.379. The zero-order chi connectivity index (χ0) is 18.3. The van der Waals surface area contributed by atoms with Crippen molar-refractivity contribution in [1.82, 2.24) is 0 Å². The van der Waals surface area contributed by atoms with Crippen LogP contribution < -0.4 is 5.63 Å². The van der Waals surface area contributed by atoms with E-state index in [0.29, 0.717) is 16.2 Å². The van der Waals surface area contributed by atoms with Gasteiger partial charge in [0.1, 0.15) is 5.76 Å². The maximum Gasteiger partial charge on any atom is 0.344 e. The number of halogens is 3. The topological polar surface area (TPSA) is 30.2 Å². The van der Waals surface area contributed by atoms with Crippen LogP contribution in [0.15, 0.2) is 84.9 Å². The van der Waals surface area contributed by atoms with Crippen LogP contribution >= 0.6 is 43.5 Å². The Labute approximate surface area is 171 Å². The third kappa shape index (κ3) is 3.25. The average Bonchev–Trinajstić information content (AvgIpc) is 2.63. The fraction of sp³-hybridized carbons (Fsp3) is 0. The molecule has 0 saturated carbocycles. The van der Waals surface area contributed by atoms with Gasteiger partial charge in [0.25, 0.3) is 0 Å². The fourth-order valence-corrected chi connectivity index (χ4v) is 3.63. The molecule has 5 heteroatoms. The zero-order valence-corrected chi connectivity index (χ0v) is 17.2. The highest BCUT2D eigenvalue weighted by molar-refractivity contribution is 9.10. The Kier molecular flexibility index (Phi) is 4.74. The quantitative estimate of drug-likeness (QED) is 0.295. The van der Waals surface area contributed by atoms with Gasteiger partial charge in [0, 0.05) is 30.5 Å². The van der Waals surface area contributed by atoms with Gasteiger partial charge in [0.15, 0.2) is 0 Å². The first-order chi connectivity index (χ1) is 12.5. The molecular weight excluding hydrogens is 479 g/mol. The molecule has 0 aliphatic heterocycles. The van der Waals surface area contributed by atoms with Gasteiger partial charge < -0.3 is 4.42 Å². The summed E-state index contributed by atoms with van der Waals surface area (Å²) in [6.07, 6.45) is 0. The van der Waals surface area contributed by atoms with Crippen LogP contribution in [0, 0.1) is 0 Å². The highest BCUT2D eigenvalue weighted by Crippen LogP contribution is 2.38. The summed E-state index contributed by atoms with van der Waals surface area (Å²) in [5.74, 6) is 0.527. The Morgan fingerprint density at radius 2 is 1.31 bits per heavy atom. The molecule has 0 atom stereocenters. The van der Waals surface area contributed by atoms with Crippen molar-refractivity contribution >= 4 is 54.2 Å². The van der Waals surface area contributed by atoms with Gasteiger partial charge in [-0.25, -0.2) is 4.79 Å². The summed E-state index contributed by atoms with van der Waals surface area (Å²) >= 11 is 13.1. The lowest BCUT2D eigenvalue weighted by Crippen LogP contribution is -2.03. The minimum absolute atomic E-state index is 0.379. The van der Waals surface area contributed by atoms with E-state index < -0.39 is 0 Å². The molecule has 0 bridgehead atoms. The molecule has 0 aliphatic carbocycles. The molecule has 0 spiro atoms. The van der Waals surface area contributed by atoms with E-state index in [-0.39, 0.29) is 5.63 Å². The van der Waals surface area contributed by atoms with E-state index >= 15 is 0 Å². The molecule has 3 aromatic carbocycles. The minimum Gasteiger partial charge on any atom is -0.422 e. The summed E-state index contributed by atoms with van der Waals surface area (Å²) < 4.78 is 7.68. The third-order valence-electron chi connectivity index (χ3n) is 4.13. The average molecular weight is 491 g/mol. The Morgan fingerprint density at radius 1 is 0.731 bits per heavy atom. The molecule has 4 rings (SSSR count). The number of fused-ring (bicyclic) bond motifs is 1. The fourth-order valence-electron chi connectivity index (χ4n) is 2.93. The molecular formula is C21H11Br2ClO2. The van der Waals surface area contributed by atoms with E-state index in [1.807, 2.05) is 54.6 Å². The standard InChI is InChI=1S/C21H11Br2ClO2/c22-14-5-1-12(2-6-14)19-18-11-16(24)9-10-17(18)21(25)26-20(19)13-3-7-15(23)8-4-13/h1-11H. The van der Waals surface area contributed by atoms with E-state index in [1.165, 1.54) is 0 Å². The van der Waals surface area contributed by atoms with Gasteiger partial charge in [0.2, 0.25) is 0 Å². The SMILES string of the molecule is O=c1oc(-c2ccc(Br)cc2)c(-c2ccc(Br)cc2)c2cc(Cl)ccc12. The summed E-state index contributed by atoms with van der Waals surface area (Å²) in [5, 5.41) is 1.85. The van der Waals surface area contributed by atoms with Gasteiger partial charge in [-0.3, -0.25) is 0 Å². The lowest BCUT2D eigenvalue weighted by Gasteiger charge is -2.13. The van der Waals surface area contributed by atoms with Crippen LogP contribution in [0.25, 0.3) is 33.2 Å². The van der Waals surface area contributed by atoms with Crippen LogP contribution in [0.5, 0.6) is 0 Å². The molecule has 0 radical (unpaired) electrons.